The van der Waals surface area contributed by atoms with Crippen LogP contribution in [-0.2, 0) is 11.2 Å². The number of hydrogen-bond acceptors (Lipinski definition) is 2. The van der Waals surface area contributed by atoms with Crippen molar-refractivity contribution in [3.63, 3.8) is 0 Å². The fraction of sp³-hybridized carbons (Fsp3) is 0.632. The monoisotopic (exact) mass is 352 g/mol. The Kier molecular flexibility index (Phi) is 6.12. The molecule has 0 saturated carbocycles. The standard InChI is InChI=1S/C19H26ClFN2O/c20-17-4-1-5-18(21)16(17)13-15-3-2-12-23(15)19(24)7-6-14-8-10-22-11-9-14/h1,4-5,14-15,22H,2-3,6-13H2. The minimum absolute atomic E-state index is 0.0833. The maximum atomic E-state index is 14.0. The summed E-state index contributed by atoms with van der Waals surface area (Å²) in [6, 6.07) is 4.87. The summed E-state index contributed by atoms with van der Waals surface area (Å²) in [7, 11) is 0. The van der Waals surface area contributed by atoms with E-state index in [9.17, 15) is 9.18 Å². The fourth-order valence-corrected chi connectivity index (χ4v) is 4.22. The third-order valence-electron chi connectivity index (χ3n) is 5.42. The maximum Gasteiger partial charge on any atom is 0.222 e. The van der Waals surface area contributed by atoms with Crippen LogP contribution in [0.4, 0.5) is 4.39 Å². The van der Waals surface area contributed by atoms with Crippen LogP contribution in [-0.4, -0.2) is 36.5 Å². The van der Waals surface area contributed by atoms with Crippen molar-refractivity contribution in [2.45, 2.75) is 51.0 Å². The van der Waals surface area contributed by atoms with E-state index in [-0.39, 0.29) is 17.8 Å². The number of benzene rings is 1. The predicted octanol–water partition coefficient (Wildman–Crippen LogP) is 3.79. The predicted molar refractivity (Wildman–Crippen MR) is 94.7 cm³/mol. The largest absolute Gasteiger partial charge is 0.339 e. The highest BCUT2D eigenvalue weighted by Gasteiger charge is 2.30. The van der Waals surface area contributed by atoms with Gasteiger partial charge in [0.25, 0.3) is 0 Å². The molecule has 2 saturated heterocycles. The second-order valence-electron chi connectivity index (χ2n) is 7.02. The summed E-state index contributed by atoms with van der Waals surface area (Å²) in [5.74, 6) is 0.622. The third kappa shape index (κ3) is 4.28. The van der Waals surface area contributed by atoms with Gasteiger partial charge in [-0.25, -0.2) is 4.39 Å². The van der Waals surface area contributed by atoms with E-state index in [4.69, 9.17) is 11.6 Å². The van der Waals surface area contributed by atoms with E-state index < -0.39 is 0 Å². The van der Waals surface area contributed by atoms with Crippen molar-refractivity contribution in [3.05, 3.63) is 34.6 Å². The number of rotatable bonds is 5. The van der Waals surface area contributed by atoms with Crippen LogP contribution in [0.1, 0.15) is 44.1 Å². The molecule has 24 heavy (non-hydrogen) atoms. The lowest BCUT2D eigenvalue weighted by molar-refractivity contribution is -0.132. The molecular weight excluding hydrogens is 327 g/mol. The summed E-state index contributed by atoms with van der Waals surface area (Å²) >= 11 is 6.15. The second kappa shape index (κ2) is 8.30. The number of carbonyl (C=O) groups is 1. The number of nitrogens with zero attached hydrogens (tertiary/aromatic N) is 1. The van der Waals surface area contributed by atoms with Crippen LogP contribution >= 0.6 is 11.6 Å². The minimum atomic E-state index is -0.267. The Morgan fingerprint density at radius 1 is 1.29 bits per heavy atom. The van der Waals surface area contributed by atoms with E-state index in [1.807, 2.05) is 4.90 Å². The van der Waals surface area contributed by atoms with Crippen LogP contribution in [0.25, 0.3) is 0 Å². The highest BCUT2D eigenvalue weighted by Crippen LogP contribution is 2.28. The first-order chi connectivity index (χ1) is 11.6. The SMILES string of the molecule is O=C(CCC1CCNCC1)N1CCCC1Cc1c(F)cccc1Cl. The Morgan fingerprint density at radius 3 is 2.83 bits per heavy atom. The van der Waals surface area contributed by atoms with Gasteiger partial charge in [-0.3, -0.25) is 4.79 Å². The van der Waals surface area contributed by atoms with Crippen molar-refractivity contribution in [3.8, 4) is 0 Å². The zero-order valence-electron chi connectivity index (χ0n) is 14.1. The second-order valence-corrected chi connectivity index (χ2v) is 7.43. The molecule has 0 bridgehead atoms. The molecule has 2 fully saturated rings. The quantitative estimate of drug-likeness (QED) is 0.874. The van der Waals surface area contributed by atoms with Gasteiger partial charge in [-0.15, -0.1) is 0 Å². The number of likely N-dealkylation sites (tertiary alicyclic amines) is 1. The number of halogens is 2. The average molecular weight is 353 g/mol. The third-order valence-corrected chi connectivity index (χ3v) is 5.78. The van der Waals surface area contributed by atoms with Gasteiger partial charge < -0.3 is 10.2 Å². The number of amides is 1. The minimum Gasteiger partial charge on any atom is -0.339 e. The Labute approximate surface area is 148 Å². The number of nitrogens with one attached hydrogen (secondary N) is 1. The van der Waals surface area contributed by atoms with Crippen LogP contribution in [0.3, 0.4) is 0 Å². The van der Waals surface area contributed by atoms with Gasteiger partial charge in [-0.05, 0) is 69.7 Å². The summed E-state index contributed by atoms with van der Waals surface area (Å²) in [5, 5.41) is 3.82. The van der Waals surface area contributed by atoms with Crippen LogP contribution in [0.2, 0.25) is 5.02 Å². The molecule has 2 heterocycles. The van der Waals surface area contributed by atoms with E-state index in [2.05, 4.69) is 5.32 Å². The highest BCUT2D eigenvalue weighted by atomic mass is 35.5. The summed E-state index contributed by atoms with van der Waals surface area (Å²) in [6.07, 6.45) is 6.38. The molecule has 1 unspecified atom stereocenters. The molecular formula is C19H26ClFN2O. The topological polar surface area (TPSA) is 32.3 Å². The van der Waals surface area contributed by atoms with Crippen molar-refractivity contribution in [2.24, 2.45) is 5.92 Å². The smallest absolute Gasteiger partial charge is 0.222 e. The van der Waals surface area contributed by atoms with Crippen molar-refractivity contribution >= 4 is 17.5 Å². The lowest BCUT2D eigenvalue weighted by Gasteiger charge is -2.27. The van der Waals surface area contributed by atoms with Gasteiger partial charge in [0, 0.05) is 29.6 Å². The van der Waals surface area contributed by atoms with Crippen LogP contribution in [0.5, 0.6) is 0 Å². The molecule has 0 aliphatic carbocycles. The van der Waals surface area contributed by atoms with E-state index in [1.54, 1.807) is 12.1 Å². The van der Waals surface area contributed by atoms with Gasteiger partial charge in [0.2, 0.25) is 5.91 Å². The Hall–Kier alpha value is -1.13. The molecule has 1 aromatic rings. The van der Waals surface area contributed by atoms with Gasteiger partial charge in [-0.2, -0.15) is 0 Å². The van der Waals surface area contributed by atoms with Crippen molar-refractivity contribution in [1.29, 1.82) is 0 Å². The first-order valence-electron chi connectivity index (χ1n) is 9.08. The molecule has 1 atom stereocenters. The zero-order chi connectivity index (χ0) is 16.9. The maximum absolute atomic E-state index is 14.0. The molecule has 0 radical (unpaired) electrons. The molecule has 2 aliphatic heterocycles. The number of piperidine rings is 1. The first-order valence-corrected chi connectivity index (χ1v) is 9.46. The van der Waals surface area contributed by atoms with E-state index in [0.717, 1.165) is 38.9 Å². The lowest BCUT2D eigenvalue weighted by Crippen LogP contribution is -2.37. The van der Waals surface area contributed by atoms with Gasteiger partial charge in [0.05, 0.1) is 0 Å². The molecule has 0 spiro atoms. The van der Waals surface area contributed by atoms with Gasteiger partial charge in [-0.1, -0.05) is 17.7 Å². The normalized spacial score (nSPS) is 22.1. The molecule has 0 aromatic heterocycles. The van der Waals surface area contributed by atoms with Crippen molar-refractivity contribution in [1.82, 2.24) is 10.2 Å². The summed E-state index contributed by atoms with van der Waals surface area (Å²) in [5.41, 5.74) is 0.544. The van der Waals surface area contributed by atoms with E-state index in [1.165, 1.54) is 18.9 Å². The Bertz CT molecular complexity index is 554. The van der Waals surface area contributed by atoms with E-state index >= 15 is 0 Å². The lowest BCUT2D eigenvalue weighted by atomic mass is 9.93. The van der Waals surface area contributed by atoms with Crippen molar-refractivity contribution in [2.75, 3.05) is 19.6 Å². The first kappa shape index (κ1) is 17.7. The molecule has 3 rings (SSSR count). The van der Waals surface area contributed by atoms with E-state index in [0.29, 0.717) is 29.3 Å². The van der Waals surface area contributed by atoms with Crippen molar-refractivity contribution < 1.29 is 9.18 Å². The molecule has 3 nitrogen and oxygen atoms in total. The zero-order valence-corrected chi connectivity index (χ0v) is 14.8. The Balaban J connectivity index is 1.57. The summed E-state index contributed by atoms with van der Waals surface area (Å²) in [6.45, 7) is 2.93. The highest BCUT2D eigenvalue weighted by molar-refractivity contribution is 6.31. The van der Waals surface area contributed by atoms with Crippen LogP contribution in [0.15, 0.2) is 18.2 Å². The summed E-state index contributed by atoms with van der Waals surface area (Å²) in [4.78, 5) is 14.6. The van der Waals surface area contributed by atoms with Crippen LogP contribution < -0.4 is 5.32 Å². The number of carbonyl (C=O) groups excluding carboxylic acids is 1. The average Bonchev–Trinajstić information content (AvgIpc) is 3.05. The van der Waals surface area contributed by atoms with Gasteiger partial charge >= 0.3 is 0 Å². The van der Waals surface area contributed by atoms with Gasteiger partial charge in [0.15, 0.2) is 0 Å². The van der Waals surface area contributed by atoms with Crippen LogP contribution in [0, 0.1) is 11.7 Å². The molecule has 5 heteroatoms. The molecule has 1 aromatic carbocycles. The molecule has 2 aliphatic rings. The Morgan fingerprint density at radius 2 is 2.08 bits per heavy atom. The summed E-state index contributed by atoms with van der Waals surface area (Å²) < 4.78 is 14.0. The molecule has 132 valence electrons. The molecule has 1 N–H and O–H groups in total. The number of hydrogen-bond donors (Lipinski definition) is 1. The fourth-order valence-electron chi connectivity index (χ4n) is 3.98. The van der Waals surface area contributed by atoms with Gasteiger partial charge in [0.1, 0.15) is 5.82 Å². The molecule has 1 amide bonds.